The van der Waals surface area contributed by atoms with E-state index in [1.54, 1.807) is 24.3 Å². The van der Waals surface area contributed by atoms with Crippen molar-refractivity contribution in [1.29, 1.82) is 0 Å². The molecule has 20 heavy (non-hydrogen) atoms. The first-order chi connectivity index (χ1) is 9.52. The summed E-state index contributed by atoms with van der Waals surface area (Å²) in [5, 5.41) is 12.1. The van der Waals surface area contributed by atoms with Crippen LogP contribution in [0, 0.1) is 0 Å². The van der Waals surface area contributed by atoms with Gasteiger partial charge in [0.05, 0.1) is 18.2 Å². The Hall–Kier alpha value is -2.01. The molecule has 0 saturated heterocycles. The van der Waals surface area contributed by atoms with E-state index < -0.39 is 17.8 Å². The molecule has 0 aliphatic carbocycles. The average Bonchev–Trinajstić information content (AvgIpc) is 2.45. The van der Waals surface area contributed by atoms with Gasteiger partial charge in [0, 0.05) is 5.69 Å². The maximum absolute atomic E-state index is 12.9. The molecule has 2 rings (SSSR count). The van der Waals surface area contributed by atoms with Gasteiger partial charge in [0.2, 0.25) is 0 Å². The first-order valence-electron chi connectivity index (χ1n) is 6.11. The molecule has 0 heterocycles. The third-order valence-electron chi connectivity index (χ3n) is 2.95. The van der Waals surface area contributed by atoms with Gasteiger partial charge in [-0.3, -0.25) is 0 Å². The van der Waals surface area contributed by atoms with Gasteiger partial charge >= 0.3 is 6.18 Å². The standard InChI is InChI=1S/C15H14F3NO/c16-15(17,18)12-8-4-5-9-13(12)19-14(10-20)11-6-2-1-3-7-11/h1-9,14,19-20H,10H2. The van der Waals surface area contributed by atoms with Gasteiger partial charge < -0.3 is 10.4 Å². The maximum Gasteiger partial charge on any atom is 0.418 e. The van der Waals surface area contributed by atoms with Crippen molar-refractivity contribution >= 4 is 5.69 Å². The molecule has 0 radical (unpaired) electrons. The fraction of sp³-hybridized carbons (Fsp3) is 0.200. The molecule has 0 aromatic heterocycles. The van der Waals surface area contributed by atoms with Crippen LogP contribution < -0.4 is 5.32 Å². The van der Waals surface area contributed by atoms with Gasteiger partial charge in [-0.25, -0.2) is 0 Å². The number of aliphatic hydroxyl groups excluding tert-OH is 1. The highest BCUT2D eigenvalue weighted by molar-refractivity contribution is 5.54. The fourth-order valence-corrected chi connectivity index (χ4v) is 1.96. The molecule has 2 N–H and O–H groups in total. The van der Waals surface area contributed by atoms with E-state index in [0.717, 1.165) is 11.6 Å². The Balaban J connectivity index is 2.29. The van der Waals surface area contributed by atoms with Gasteiger partial charge in [-0.15, -0.1) is 0 Å². The molecule has 5 heteroatoms. The molecule has 0 aliphatic rings. The smallest absolute Gasteiger partial charge is 0.394 e. The lowest BCUT2D eigenvalue weighted by molar-refractivity contribution is -0.137. The molecule has 1 atom stereocenters. The number of nitrogens with one attached hydrogen (secondary N) is 1. The van der Waals surface area contributed by atoms with Gasteiger partial charge in [-0.2, -0.15) is 13.2 Å². The number of halogens is 3. The zero-order chi connectivity index (χ0) is 14.6. The summed E-state index contributed by atoms with van der Waals surface area (Å²) in [5.41, 5.74) is -0.0516. The average molecular weight is 281 g/mol. The normalized spacial score (nSPS) is 13.0. The van der Waals surface area contributed by atoms with E-state index in [0.29, 0.717) is 0 Å². The Morgan fingerprint density at radius 2 is 1.55 bits per heavy atom. The zero-order valence-electron chi connectivity index (χ0n) is 10.6. The summed E-state index contributed by atoms with van der Waals surface area (Å²) in [6.07, 6.45) is -4.43. The number of aliphatic hydroxyl groups is 1. The lowest BCUT2D eigenvalue weighted by Crippen LogP contribution is -2.18. The van der Waals surface area contributed by atoms with Crippen molar-refractivity contribution < 1.29 is 18.3 Å². The van der Waals surface area contributed by atoms with Crippen molar-refractivity contribution in [2.45, 2.75) is 12.2 Å². The summed E-state index contributed by atoms with van der Waals surface area (Å²) in [7, 11) is 0. The van der Waals surface area contributed by atoms with Gasteiger partial charge in [0.15, 0.2) is 0 Å². The zero-order valence-corrected chi connectivity index (χ0v) is 10.6. The molecule has 0 bridgehead atoms. The highest BCUT2D eigenvalue weighted by Crippen LogP contribution is 2.35. The Morgan fingerprint density at radius 3 is 2.15 bits per heavy atom. The molecule has 2 aromatic carbocycles. The number of benzene rings is 2. The first kappa shape index (κ1) is 14.4. The summed E-state index contributed by atoms with van der Waals surface area (Å²) in [6, 6.07) is 13.5. The molecular formula is C15H14F3NO. The Labute approximate surface area is 114 Å². The predicted octanol–water partition coefficient (Wildman–Crippen LogP) is 3.85. The Morgan fingerprint density at radius 1 is 0.950 bits per heavy atom. The van der Waals surface area contributed by atoms with Crippen molar-refractivity contribution in [3.63, 3.8) is 0 Å². The van der Waals surface area contributed by atoms with Gasteiger partial charge in [0.1, 0.15) is 0 Å². The largest absolute Gasteiger partial charge is 0.418 e. The minimum atomic E-state index is -4.43. The number of para-hydroxylation sites is 1. The third kappa shape index (κ3) is 3.30. The number of anilines is 1. The molecule has 0 spiro atoms. The SMILES string of the molecule is OCC(Nc1ccccc1C(F)(F)F)c1ccccc1. The van der Waals surface area contributed by atoms with Crippen LogP contribution in [0.3, 0.4) is 0 Å². The van der Waals surface area contributed by atoms with Gasteiger partial charge in [0.25, 0.3) is 0 Å². The van der Waals surface area contributed by atoms with Crippen LogP contribution in [0.5, 0.6) is 0 Å². The molecule has 106 valence electrons. The highest BCUT2D eigenvalue weighted by atomic mass is 19.4. The van der Waals surface area contributed by atoms with Crippen LogP contribution in [0.4, 0.5) is 18.9 Å². The van der Waals surface area contributed by atoms with Crippen molar-refractivity contribution in [2.75, 3.05) is 11.9 Å². The highest BCUT2D eigenvalue weighted by Gasteiger charge is 2.33. The van der Waals surface area contributed by atoms with Crippen LogP contribution in [-0.2, 0) is 6.18 Å². The summed E-state index contributed by atoms with van der Waals surface area (Å²) in [5.74, 6) is 0. The van der Waals surface area contributed by atoms with E-state index in [1.165, 1.54) is 18.2 Å². The summed E-state index contributed by atoms with van der Waals surface area (Å²) < 4.78 is 38.7. The second-order valence-electron chi connectivity index (χ2n) is 4.33. The van der Waals surface area contributed by atoms with Crippen LogP contribution in [0.1, 0.15) is 17.2 Å². The third-order valence-corrected chi connectivity index (χ3v) is 2.95. The van der Waals surface area contributed by atoms with Crippen LogP contribution in [0.25, 0.3) is 0 Å². The van der Waals surface area contributed by atoms with E-state index in [2.05, 4.69) is 5.32 Å². The predicted molar refractivity (Wildman–Crippen MR) is 71.3 cm³/mol. The van der Waals surface area contributed by atoms with E-state index in [1.807, 2.05) is 6.07 Å². The van der Waals surface area contributed by atoms with Crippen molar-refractivity contribution in [2.24, 2.45) is 0 Å². The van der Waals surface area contributed by atoms with Crippen molar-refractivity contribution in [1.82, 2.24) is 0 Å². The van der Waals surface area contributed by atoms with Crippen molar-refractivity contribution in [3.8, 4) is 0 Å². The van der Waals surface area contributed by atoms with E-state index in [-0.39, 0.29) is 12.3 Å². The molecular weight excluding hydrogens is 267 g/mol. The Bertz CT molecular complexity index is 555. The second-order valence-corrected chi connectivity index (χ2v) is 4.33. The first-order valence-corrected chi connectivity index (χ1v) is 6.11. The summed E-state index contributed by atoms with van der Waals surface area (Å²) in [6.45, 7) is -0.295. The molecule has 1 unspecified atom stereocenters. The molecule has 0 saturated carbocycles. The topological polar surface area (TPSA) is 32.3 Å². The van der Waals surface area contributed by atoms with Crippen LogP contribution in [0.15, 0.2) is 54.6 Å². The lowest BCUT2D eigenvalue weighted by atomic mass is 10.1. The second kappa shape index (κ2) is 5.96. The summed E-state index contributed by atoms with van der Waals surface area (Å²) >= 11 is 0. The van der Waals surface area contributed by atoms with E-state index in [9.17, 15) is 18.3 Å². The fourth-order valence-electron chi connectivity index (χ4n) is 1.96. The minimum Gasteiger partial charge on any atom is -0.394 e. The maximum atomic E-state index is 12.9. The lowest BCUT2D eigenvalue weighted by Gasteiger charge is -2.21. The molecule has 0 fully saturated rings. The van der Waals surface area contributed by atoms with E-state index >= 15 is 0 Å². The van der Waals surface area contributed by atoms with Gasteiger partial charge in [-0.1, -0.05) is 42.5 Å². The number of rotatable bonds is 4. The number of hydrogen-bond acceptors (Lipinski definition) is 2. The molecule has 0 amide bonds. The minimum absolute atomic E-state index is 0.0390. The quantitative estimate of drug-likeness (QED) is 0.892. The van der Waals surface area contributed by atoms with Crippen molar-refractivity contribution in [3.05, 3.63) is 65.7 Å². The van der Waals surface area contributed by atoms with E-state index in [4.69, 9.17) is 0 Å². The molecule has 2 aromatic rings. The number of hydrogen-bond donors (Lipinski definition) is 2. The van der Waals surface area contributed by atoms with Crippen LogP contribution in [0.2, 0.25) is 0 Å². The van der Waals surface area contributed by atoms with Crippen LogP contribution >= 0.6 is 0 Å². The van der Waals surface area contributed by atoms with Crippen LogP contribution in [-0.4, -0.2) is 11.7 Å². The number of alkyl halides is 3. The molecule has 2 nitrogen and oxygen atoms in total. The van der Waals surface area contributed by atoms with Gasteiger partial charge in [-0.05, 0) is 17.7 Å². The molecule has 0 aliphatic heterocycles. The Kier molecular flexibility index (Phi) is 4.29. The monoisotopic (exact) mass is 281 g/mol. The summed E-state index contributed by atoms with van der Waals surface area (Å²) in [4.78, 5) is 0.